The van der Waals surface area contributed by atoms with Gasteiger partial charge in [-0.1, -0.05) is 26.0 Å². The molecule has 2 aromatic heterocycles. The molecular weight excluding hydrogens is 518 g/mol. The minimum absolute atomic E-state index is 0.229. The summed E-state index contributed by atoms with van der Waals surface area (Å²) in [4.78, 5) is 24.2. The first-order valence-corrected chi connectivity index (χ1v) is 14.3. The number of piperidine rings is 1. The van der Waals surface area contributed by atoms with E-state index in [0.717, 1.165) is 48.5 Å². The topological polar surface area (TPSA) is 94.0 Å². The summed E-state index contributed by atoms with van der Waals surface area (Å²) in [6.07, 6.45) is 4.31. The number of carbonyl (C=O) groups is 1. The molecule has 1 atom stereocenters. The molecule has 0 saturated carbocycles. The van der Waals surface area contributed by atoms with Crippen molar-refractivity contribution in [3.05, 3.63) is 65.6 Å². The van der Waals surface area contributed by atoms with Crippen molar-refractivity contribution in [3.8, 4) is 22.8 Å². The van der Waals surface area contributed by atoms with Crippen LogP contribution in [0.3, 0.4) is 0 Å². The fourth-order valence-corrected chi connectivity index (χ4v) is 5.02. The van der Waals surface area contributed by atoms with Crippen LogP contribution in [0.15, 0.2) is 48.8 Å². The maximum Gasteiger partial charge on any atom is 0.337 e. The highest BCUT2D eigenvalue weighted by atomic mass is 16.5. The molecule has 1 fully saturated rings. The Labute approximate surface area is 243 Å². The van der Waals surface area contributed by atoms with Crippen LogP contribution >= 0.6 is 0 Å². The van der Waals surface area contributed by atoms with Crippen molar-refractivity contribution in [1.29, 1.82) is 0 Å². The molecular formula is C33H43N3O5. The van der Waals surface area contributed by atoms with Crippen molar-refractivity contribution in [3.63, 3.8) is 0 Å². The van der Waals surface area contributed by atoms with E-state index in [1.807, 2.05) is 71.0 Å². The van der Waals surface area contributed by atoms with Crippen LogP contribution in [0.5, 0.6) is 11.5 Å². The Bertz CT molecular complexity index is 1340. The third-order valence-electron chi connectivity index (χ3n) is 7.30. The Kier molecular flexibility index (Phi) is 9.22. The van der Waals surface area contributed by atoms with Gasteiger partial charge in [0.2, 0.25) is 0 Å². The minimum Gasteiger partial charge on any atom is -0.490 e. The molecule has 0 unspecified atom stereocenters. The molecule has 1 N–H and O–H groups in total. The van der Waals surface area contributed by atoms with Gasteiger partial charge in [0.05, 0.1) is 23.2 Å². The maximum absolute atomic E-state index is 12.6. The summed E-state index contributed by atoms with van der Waals surface area (Å²) in [6.45, 7) is 16.4. The zero-order valence-electron chi connectivity index (χ0n) is 25.4. The maximum atomic E-state index is 12.6. The summed E-state index contributed by atoms with van der Waals surface area (Å²) in [5.41, 5.74) is 4.24. The second-order valence-electron chi connectivity index (χ2n) is 12.5. The SMILES string of the molecule is Cc1cccc(OCCOc2ccc(-c3cnc(C)c([C@H](OC(C)(C)C)C(=O)O)c3N3CCC(C)(C)CC3)nc2)c1. The summed E-state index contributed by atoms with van der Waals surface area (Å²) in [6, 6.07) is 11.7. The summed E-state index contributed by atoms with van der Waals surface area (Å²) < 4.78 is 17.8. The number of aromatic nitrogens is 2. The van der Waals surface area contributed by atoms with Crippen molar-refractivity contribution in [2.45, 2.75) is 73.0 Å². The predicted molar refractivity (Wildman–Crippen MR) is 161 cm³/mol. The number of benzene rings is 1. The number of carboxylic acids is 1. The molecule has 0 bridgehead atoms. The molecule has 0 amide bonds. The highest BCUT2D eigenvalue weighted by Crippen LogP contribution is 2.43. The number of nitrogens with zero attached hydrogens (tertiary/aromatic N) is 3. The number of pyridine rings is 2. The number of aryl methyl sites for hydroxylation is 2. The zero-order valence-corrected chi connectivity index (χ0v) is 25.4. The number of carboxylic acid groups (broad SMARTS) is 1. The largest absolute Gasteiger partial charge is 0.490 e. The van der Waals surface area contributed by atoms with E-state index in [0.29, 0.717) is 35.9 Å². The molecule has 3 aromatic rings. The molecule has 4 rings (SSSR count). The summed E-state index contributed by atoms with van der Waals surface area (Å²) in [5.74, 6) is 0.404. The van der Waals surface area contributed by atoms with Crippen LogP contribution < -0.4 is 14.4 Å². The highest BCUT2D eigenvalue weighted by molar-refractivity contribution is 5.85. The van der Waals surface area contributed by atoms with E-state index in [2.05, 4.69) is 23.7 Å². The van der Waals surface area contributed by atoms with Crippen LogP contribution in [0.4, 0.5) is 5.69 Å². The molecule has 3 heterocycles. The first-order chi connectivity index (χ1) is 19.3. The van der Waals surface area contributed by atoms with Crippen molar-refractivity contribution in [2.24, 2.45) is 5.41 Å². The lowest BCUT2D eigenvalue weighted by atomic mass is 9.82. The van der Waals surface area contributed by atoms with Crippen molar-refractivity contribution in [2.75, 3.05) is 31.2 Å². The van der Waals surface area contributed by atoms with Gasteiger partial charge in [-0.15, -0.1) is 0 Å². The van der Waals surface area contributed by atoms with Crippen LogP contribution in [0.2, 0.25) is 0 Å². The first kappa shape index (κ1) is 30.3. The fraction of sp³-hybridized carbons (Fsp3) is 0.485. The normalized spacial score (nSPS) is 15.8. The smallest absolute Gasteiger partial charge is 0.337 e. The van der Waals surface area contributed by atoms with Crippen LogP contribution in [-0.4, -0.2) is 52.9 Å². The minimum atomic E-state index is -1.16. The molecule has 0 spiro atoms. The van der Waals surface area contributed by atoms with Crippen LogP contribution in [0.1, 0.15) is 70.4 Å². The van der Waals surface area contributed by atoms with Gasteiger partial charge < -0.3 is 24.2 Å². The number of rotatable bonds is 10. The second-order valence-corrected chi connectivity index (χ2v) is 12.5. The molecule has 0 radical (unpaired) electrons. The zero-order chi connectivity index (χ0) is 29.8. The Hall–Kier alpha value is -3.65. The lowest BCUT2D eigenvalue weighted by Crippen LogP contribution is -2.39. The Morgan fingerprint density at radius 3 is 2.27 bits per heavy atom. The fourth-order valence-electron chi connectivity index (χ4n) is 5.02. The summed E-state index contributed by atoms with van der Waals surface area (Å²) in [7, 11) is 0. The van der Waals surface area contributed by atoms with E-state index >= 15 is 0 Å². The van der Waals surface area contributed by atoms with E-state index in [1.165, 1.54) is 0 Å². The standard InChI is InChI=1S/C33H43N3O5/c1-22-9-8-10-24(19-22)39-17-18-40-25-11-12-27(35-20-25)26-21-34-23(2)28(30(31(37)38)41-32(3,4)5)29(26)36-15-13-33(6,7)14-16-36/h8-12,19-21,30H,13-18H2,1-7H3,(H,37,38)/t30-/m0/s1. The summed E-state index contributed by atoms with van der Waals surface area (Å²) in [5, 5.41) is 10.3. The van der Waals surface area contributed by atoms with E-state index < -0.39 is 17.7 Å². The van der Waals surface area contributed by atoms with Gasteiger partial charge >= 0.3 is 5.97 Å². The molecule has 8 heteroatoms. The lowest BCUT2D eigenvalue weighted by molar-refractivity contribution is -0.160. The Balaban J connectivity index is 1.62. The van der Waals surface area contributed by atoms with Crippen molar-refractivity contribution >= 4 is 11.7 Å². The molecule has 1 aliphatic rings. The average molecular weight is 562 g/mol. The van der Waals surface area contributed by atoms with Gasteiger partial charge in [-0.05, 0) is 82.7 Å². The van der Waals surface area contributed by atoms with Crippen molar-refractivity contribution < 1.29 is 24.1 Å². The third-order valence-corrected chi connectivity index (χ3v) is 7.30. The van der Waals surface area contributed by atoms with Crippen molar-refractivity contribution in [1.82, 2.24) is 9.97 Å². The number of hydrogen-bond donors (Lipinski definition) is 1. The number of anilines is 1. The van der Waals surface area contributed by atoms with E-state index in [-0.39, 0.29) is 5.41 Å². The molecule has 8 nitrogen and oxygen atoms in total. The average Bonchev–Trinajstić information content (AvgIpc) is 2.90. The molecule has 1 aliphatic heterocycles. The molecule has 1 aromatic carbocycles. The lowest BCUT2D eigenvalue weighted by Gasteiger charge is -2.40. The quantitative estimate of drug-likeness (QED) is 0.271. The van der Waals surface area contributed by atoms with Crippen LogP contribution in [0, 0.1) is 19.3 Å². The van der Waals surface area contributed by atoms with Crippen LogP contribution in [-0.2, 0) is 9.53 Å². The van der Waals surface area contributed by atoms with Gasteiger partial charge in [-0.2, -0.15) is 0 Å². The number of aliphatic carboxylic acids is 1. The molecule has 1 saturated heterocycles. The Morgan fingerprint density at radius 2 is 1.68 bits per heavy atom. The number of hydrogen-bond acceptors (Lipinski definition) is 7. The second kappa shape index (κ2) is 12.5. The van der Waals surface area contributed by atoms with Gasteiger partial charge in [0.15, 0.2) is 6.10 Å². The predicted octanol–water partition coefficient (Wildman–Crippen LogP) is 6.79. The Morgan fingerprint density at radius 1 is 1.00 bits per heavy atom. The van der Waals surface area contributed by atoms with E-state index in [4.69, 9.17) is 19.2 Å². The van der Waals surface area contributed by atoms with Gasteiger partial charge in [0.25, 0.3) is 0 Å². The molecule has 0 aliphatic carbocycles. The van der Waals surface area contributed by atoms with Crippen LogP contribution in [0.25, 0.3) is 11.3 Å². The van der Waals surface area contributed by atoms with E-state index in [1.54, 1.807) is 12.4 Å². The molecule has 41 heavy (non-hydrogen) atoms. The monoisotopic (exact) mass is 561 g/mol. The van der Waals surface area contributed by atoms with Gasteiger partial charge in [0, 0.05) is 36.1 Å². The number of ether oxygens (including phenoxy) is 3. The molecule has 220 valence electrons. The van der Waals surface area contributed by atoms with Gasteiger partial charge in [-0.25, -0.2) is 4.79 Å². The summed E-state index contributed by atoms with van der Waals surface area (Å²) >= 11 is 0. The highest BCUT2D eigenvalue weighted by Gasteiger charge is 2.36. The van der Waals surface area contributed by atoms with Gasteiger partial charge in [-0.3, -0.25) is 9.97 Å². The first-order valence-electron chi connectivity index (χ1n) is 14.3. The third kappa shape index (κ3) is 7.97. The van der Waals surface area contributed by atoms with Gasteiger partial charge in [0.1, 0.15) is 24.7 Å². The van der Waals surface area contributed by atoms with E-state index in [9.17, 15) is 9.90 Å².